The van der Waals surface area contributed by atoms with E-state index < -0.39 is 5.60 Å². The van der Waals surface area contributed by atoms with Gasteiger partial charge in [-0.25, -0.2) is 0 Å². The summed E-state index contributed by atoms with van der Waals surface area (Å²) in [4.78, 5) is 0. The SMILES string of the molecule is CCCC#CC#CCC(C)(C)O. The molecular weight excluding hydrogens is 148 g/mol. The van der Waals surface area contributed by atoms with Crippen molar-refractivity contribution < 1.29 is 5.11 Å². The molecule has 0 amide bonds. The van der Waals surface area contributed by atoms with E-state index in [2.05, 4.69) is 30.6 Å². The minimum Gasteiger partial charge on any atom is -0.389 e. The summed E-state index contributed by atoms with van der Waals surface area (Å²) in [5.41, 5.74) is -0.695. The topological polar surface area (TPSA) is 20.2 Å². The van der Waals surface area contributed by atoms with E-state index in [-0.39, 0.29) is 0 Å². The second-order valence-electron chi connectivity index (χ2n) is 3.34. The molecule has 0 saturated heterocycles. The maximum Gasteiger partial charge on any atom is 0.0700 e. The van der Waals surface area contributed by atoms with E-state index in [4.69, 9.17) is 0 Å². The highest BCUT2D eigenvalue weighted by molar-refractivity contribution is 5.26. The molecule has 1 heteroatoms. The first-order chi connectivity index (χ1) is 5.56. The highest BCUT2D eigenvalue weighted by Crippen LogP contribution is 2.04. The first-order valence-electron chi connectivity index (χ1n) is 4.24. The zero-order valence-corrected chi connectivity index (χ0v) is 8.07. The maximum absolute atomic E-state index is 9.27. The summed E-state index contributed by atoms with van der Waals surface area (Å²) in [5.74, 6) is 11.2. The lowest BCUT2D eigenvalue weighted by atomic mass is 10.1. The molecule has 12 heavy (non-hydrogen) atoms. The second kappa shape index (κ2) is 5.70. The van der Waals surface area contributed by atoms with Gasteiger partial charge in [0.05, 0.1) is 5.60 Å². The van der Waals surface area contributed by atoms with Crippen LogP contribution < -0.4 is 0 Å². The molecule has 0 aliphatic heterocycles. The van der Waals surface area contributed by atoms with Gasteiger partial charge in [-0.3, -0.25) is 0 Å². The third kappa shape index (κ3) is 9.08. The van der Waals surface area contributed by atoms with Crippen molar-refractivity contribution in [2.24, 2.45) is 0 Å². The van der Waals surface area contributed by atoms with Crippen LogP contribution in [0.15, 0.2) is 0 Å². The molecule has 0 rings (SSSR count). The Hall–Kier alpha value is -0.920. The summed E-state index contributed by atoms with van der Waals surface area (Å²) in [6.45, 7) is 5.56. The van der Waals surface area contributed by atoms with Crippen molar-refractivity contribution in [2.75, 3.05) is 0 Å². The minimum absolute atomic E-state index is 0.480. The van der Waals surface area contributed by atoms with Gasteiger partial charge in [-0.05, 0) is 32.1 Å². The number of unbranched alkanes of at least 4 members (excludes halogenated alkanes) is 1. The van der Waals surface area contributed by atoms with Crippen molar-refractivity contribution >= 4 is 0 Å². The molecule has 0 aromatic rings. The number of aliphatic hydroxyl groups is 1. The smallest absolute Gasteiger partial charge is 0.0700 e. The van der Waals surface area contributed by atoms with Gasteiger partial charge in [-0.15, -0.1) is 0 Å². The van der Waals surface area contributed by atoms with Gasteiger partial charge in [0.1, 0.15) is 0 Å². The lowest BCUT2D eigenvalue weighted by molar-refractivity contribution is 0.0862. The van der Waals surface area contributed by atoms with Gasteiger partial charge < -0.3 is 5.11 Å². The fourth-order valence-corrected chi connectivity index (χ4v) is 0.536. The summed E-state index contributed by atoms with van der Waals surface area (Å²) >= 11 is 0. The molecule has 1 N–H and O–H groups in total. The summed E-state index contributed by atoms with van der Waals surface area (Å²) in [5, 5.41) is 9.27. The minimum atomic E-state index is -0.695. The molecule has 0 saturated carbocycles. The van der Waals surface area contributed by atoms with Gasteiger partial charge in [0, 0.05) is 12.8 Å². The molecule has 0 heterocycles. The van der Waals surface area contributed by atoms with E-state index in [0.29, 0.717) is 6.42 Å². The fraction of sp³-hybridized carbons (Fsp3) is 0.636. The molecule has 0 aliphatic rings. The van der Waals surface area contributed by atoms with Gasteiger partial charge in [-0.2, -0.15) is 0 Å². The maximum atomic E-state index is 9.27. The lowest BCUT2D eigenvalue weighted by Crippen LogP contribution is -2.16. The van der Waals surface area contributed by atoms with E-state index in [9.17, 15) is 5.11 Å². The van der Waals surface area contributed by atoms with Crippen LogP contribution in [-0.4, -0.2) is 10.7 Å². The summed E-state index contributed by atoms with van der Waals surface area (Å²) in [7, 11) is 0. The molecule has 0 radical (unpaired) electrons. The van der Waals surface area contributed by atoms with Gasteiger partial charge >= 0.3 is 0 Å². The van der Waals surface area contributed by atoms with E-state index in [1.165, 1.54) is 0 Å². The number of hydrogen-bond donors (Lipinski definition) is 1. The van der Waals surface area contributed by atoms with E-state index in [1.54, 1.807) is 13.8 Å². The summed E-state index contributed by atoms with van der Waals surface area (Å²) in [6.07, 6.45) is 2.45. The Morgan fingerprint density at radius 3 is 2.25 bits per heavy atom. The standard InChI is InChI=1S/C11H16O/c1-4-5-6-7-8-9-10-11(2,3)12/h12H,4-5,10H2,1-3H3. The highest BCUT2D eigenvalue weighted by atomic mass is 16.3. The molecule has 0 fully saturated rings. The highest BCUT2D eigenvalue weighted by Gasteiger charge is 2.08. The molecule has 66 valence electrons. The van der Waals surface area contributed by atoms with Crippen LogP contribution in [0.5, 0.6) is 0 Å². The molecule has 0 bridgehead atoms. The normalized spacial score (nSPS) is 9.33. The van der Waals surface area contributed by atoms with Crippen LogP contribution in [0.2, 0.25) is 0 Å². The number of rotatable bonds is 2. The van der Waals surface area contributed by atoms with Crippen LogP contribution in [-0.2, 0) is 0 Å². The Balaban J connectivity index is 3.70. The zero-order chi connectivity index (χ0) is 9.45. The average molecular weight is 164 g/mol. The van der Waals surface area contributed by atoms with Crippen LogP contribution >= 0.6 is 0 Å². The quantitative estimate of drug-likeness (QED) is 0.618. The molecule has 0 aromatic carbocycles. The Kier molecular flexibility index (Phi) is 5.26. The lowest BCUT2D eigenvalue weighted by Gasteiger charge is -2.11. The molecule has 0 unspecified atom stereocenters. The molecule has 1 nitrogen and oxygen atoms in total. The van der Waals surface area contributed by atoms with Crippen molar-refractivity contribution in [3.8, 4) is 23.7 Å². The van der Waals surface area contributed by atoms with Crippen molar-refractivity contribution in [1.82, 2.24) is 0 Å². The van der Waals surface area contributed by atoms with Gasteiger partial charge in [0.2, 0.25) is 0 Å². The molecule has 0 aromatic heterocycles. The van der Waals surface area contributed by atoms with Crippen LogP contribution in [0, 0.1) is 23.7 Å². The third-order valence-electron chi connectivity index (χ3n) is 1.14. The van der Waals surface area contributed by atoms with Crippen LogP contribution in [0.25, 0.3) is 0 Å². The average Bonchev–Trinajstić information content (AvgIpc) is 1.94. The molecular formula is C11H16O. The van der Waals surface area contributed by atoms with Crippen LogP contribution in [0.1, 0.15) is 40.0 Å². The third-order valence-corrected chi connectivity index (χ3v) is 1.14. The summed E-state index contributed by atoms with van der Waals surface area (Å²) < 4.78 is 0. The fourth-order valence-electron chi connectivity index (χ4n) is 0.536. The first-order valence-corrected chi connectivity index (χ1v) is 4.24. The zero-order valence-electron chi connectivity index (χ0n) is 8.07. The van der Waals surface area contributed by atoms with Crippen molar-refractivity contribution in [3.05, 3.63) is 0 Å². The Morgan fingerprint density at radius 2 is 1.75 bits per heavy atom. The molecule has 0 aliphatic carbocycles. The molecule has 0 spiro atoms. The predicted molar refractivity (Wildman–Crippen MR) is 51.4 cm³/mol. The van der Waals surface area contributed by atoms with Gasteiger partial charge in [0.25, 0.3) is 0 Å². The monoisotopic (exact) mass is 164 g/mol. The summed E-state index contributed by atoms with van der Waals surface area (Å²) in [6, 6.07) is 0. The van der Waals surface area contributed by atoms with Gasteiger partial charge in [0.15, 0.2) is 0 Å². The van der Waals surface area contributed by atoms with E-state index >= 15 is 0 Å². The van der Waals surface area contributed by atoms with Crippen molar-refractivity contribution in [2.45, 2.75) is 45.6 Å². The second-order valence-corrected chi connectivity index (χ2v) is 3.34. The van der Waals surface area contributed by atoms with Crippen LogP contribution in [0.3, 0.4) is 0 Å². The van der Waals surface area contributed by atoms with Gasteiger partial charge in [-0.1, -0.05) is 18.8 Å². The van der Waals surface area contributed by atoms with E-state index in [1.807, 2.05) is 0 Å². The van der Waals surface area contributed by atoms with Crippen molar-refractivity contribution in [1.29, 1.82) is 0 Å². The Bertz CT molecular complexity index is 224. The molecule has 0 atom stereocenters. The predicted octanol–water partition coefficient (Wildman–Crippen LogP) is 1.95. The number of hydrogen-bond acceptors (Lipinski definition) is 1. The van der Waals surface area contributed by atoms with E-state index in [0.717, 1.165) is 12.8 Å². The largest absolute Gasteiger partial charge is 0.389 e. The Labute approximate surface area is 75.2 Å². The van der Waals surface area contributed by atoms with Crippen molar-refractivity contribution in [3.63, 3.8) is 0 Å². The van der Waals surface area contributed by atoms with Crippen LogP contribution in [0.4, 0.5) is 0 Å². The Morgan fingerprint density at radius 1 is 1.17 bits per heavy atom. The first kappa shape index (κ1) is 11.1.